The first-order chi connectivity index (χ1) is 9.99. The smallest absolute Gasteiger partial charge is 0.251 e. The van der Waals surface area contributed by atoms with E-state index in [1.165, 1.54) is 17.8 Å². The van der Waals surface area contributed by atoms with Crippen molar-refractivity contribution in [3.05, 3.63) is 50.3 Å². The maximum atomic E-state index is 11.7. The molecule has 0 radical (unpaired) electrons. The molecular formula is C14H15BrN4OS. The van der Waals surface area contributed by atoms with Gasteiger partial charge in [-0.05, 0) is 24.6 Å². The molecule has 0 aliphatic carbocycles. The molecule has 4 N–H and O–H groups in total. The van der Waals surface area contributed by atoms with E-state index < -0.39 is 0 Å². The van der Waals surface area contributed by atoms with Gasteiger partial charge in [-0.25, -0.2) is 4.98 Å². The van der Waals surface area contributed by atoms with E-state index in [1.807, 2.05) is 19.1 Å². The van der Waals surface area contributed by atoms with E-state index in [2.05, 4.69) is 25.9 Å². The molecule has 0 fully saturated rings. The molecule has 0 aliphatic rings. The predicted octanol–water partition coefficient (Wildman–Crippen LogP) is 2.92. The van der Waals surface area contributed by atoms with E-state index in [9.17, 15) is 4.79 Å². The summed E-state index contributed by atoms with van der Waals surface area (Å²) in [7, 11) is 0. The highest BCUT2D eigenvalue weighted by Crippen LogP contribution is 2.29. The summed E-state index contributed by atoms with van der Waals surface area (Å²) in [5.74, 6) is -0.0224. The first kappa shape index (κ1) is 15.8. The van der Waals surface area contributed by atoms with Gasteiger partial charge in [-0.1, -0.05) is 41.0 Å². The Balaban J connectivity index is 2.38. The van der Waals surface area contributed by atoms with Crippen molar-refractivity contribution in [1.82, 2.24) is 9.97 Å². The number of nitrogens with two attached hydrogens (primary N) is 1. The van der Waals surface area contributed by atoms with Gasteiger partial charge in [0.25, 0.3) is 5.56 Å². The Morgan fingerprint density at radius 3 is 2.90 bits per heavy atom. The molecule has 5 nitrogen and oxygen atoms in total. The van der Waals surface area contributed by atoms with Gasteiger partial charge in [0, 0.05) is 26.7 Å². The predicted molar refractivity (Wildman–Crippen MR) is 88.1 cm³/mol. The van der Waals surface area contributed by atoms with E-state index in [4.69, 9.17) is 11.1 Å². The molecule has 0 aliphatic heterocycles. The molecule has 0 saturated carbocycles. The molecule has 0 saturated heterocycles. The molecule has 110 valence electrons. The van der Waals surface area contributed by atoms with Crippen LogP contribution in [0.1, 0.15) is 24.6 Å². The lowest BCUT2D eigenvalue weighted by Gasteiger charge is -2.08. The summed E-state index contributed by atoms with van der Waals surface area (Å²) in [6.07, 6.45) is 1.69. The number of aromatic nitrogens is 2. The Bertz CT molecular complexity index is 729. The van der Waals surface area contributed by atoms with Gasteiger partial charge in [-0.2, -0.15) is 0 Å². The fraction of sp³-hybridized carbons (Fsp3) is 0.214. The lowest BCUT2D eigenvalue weighted by atomic mass is 10.2. The van der Waals surface area contributed by atoms with Crippen molar-refractivity contribution in [3.63, 3.8) is 0 Å². The topological polar surface area (TPSA) is 95.6 Å². The molecule has 0 spiro atoms. The Labute approximate surface area is 135 Å². The van der Waals surface area contributed by atoms with Gasteiger partial charge in [-0.3, -0.25) is 10.2 Å². The summed E-state index contributed by atoms with van der Waals surface area (Å²) in [4.78, 5) is 19.6. The standard InChI is InChI=1S/C14H15BrN4OS/c1-2-3-9-7-12(20)19-14(18-9)21-11-5-4-8(15)6-10(11)13(16)17/h4-7H,2-3H2,1H3,(H3,16,17)(H,18,19,20). The fourth-order valence-electron chi connectivity index (χ4n) is 1.82. The van der Waals surface area contributed by atoms with E-state index in [0.29, 0.717) is 10.7 Å². The lowest BCUT2D eigenvalue weighted by Crippen LogP contribution is -2.13. The SMILES string of the molecule is CCCc1cc(=O)[nH]c(Sc2ccc(Br)cc2C(=N)N)n1. The van der Waals surface area contributed by atoms with Crippen LogP contribution >= 0.6 is 27.7 Å². The minimum Gasteiger partial charge on any atom is -0.384 e. The molecule has 0 atom stereocenters. The number of nitrogens with zero attached hydrogens (tertiary/aromatic N) is 1. The second-order valence-corrected chi connectivity index (χ2v) is 6.39. The molecule has 0 bridgehead atoms. The first-order valence-electron chi connectivity index (χ1n) is 6.41. The highest BCUT2D eigenvalue weighted by Gasteiger charge is 2.10. The number of hydrogen-bond acceptors (Lipinski definition) is 4. The molecule has 0 amide bonds. The van der Waals surface area contributed by atoms with Crippen molar-refractivity contribution in [3.8, 4) is 0 Å². The van der Waals surface area contributed by atoms with Crippen LogP contribution in [0, 0.1) is 5.41 Å². The summed E-state index contributed by atoms with van der Waals surface area (Å²) >= 11 is 4.66. The number of halogens is 1. The monoisotopic (exact) mass is 366 g/mol. The molecule has 2 aromatic rings. The number of hydrogen-bond donors (Lipinski definition) is 3. The highest BCUT2D eigenvalue weighted by atomic mass is 79.9. The maximum Gasteiger partial charge on any atom is 0.251 e. The molecule has 0 unspecified atom stereocenters. The molecule has 1 aromatic heterocycles. The van der Waals surface area contributed by atoms with Crippen LogP contribution in [-0.4, -0.2) is 15.8 Å². The van der Waals surface area contributed by atoms with E-state index in [-0.39, 0.29) is 11.4 Å². The zero-order chi connectivity index (χ0) is 15.4. The Kier molecular flexibility index (Phi) is 5.19. The minimum atomic E-state index is -0.169. The lowest BCUT2D eigenvalue weighted by molar-refractivity contribution is 0.816. The maximum absolute atomic E-state index is 11.7. The normalized spacial score (nSPS) is 10.6. The fourth-order valence-corrected chi connectivity index (χ4v) is 3.12. The molecule has 7 heteroatoms. The van der Waals surface area contributed by atoms with Gasteiger partial charge in [0.2, 0.25) is 0 Å². The zero-order valence-electron chi connectivity index (χ0n) is 11.4. The number of benzene rings is 1. The highest BCUT2D eigenvalue weighted by molar-refractivity contribution is 9.10. The van der Waals surface area contributed by atoms with E-state index in [0.717, 1.165) is 27.9 Å². The second kappa shape index (κ2) is 6.91. The third-order valence-corrected chi connectivity index (χ3v) is 4.17. The van der Waals surface area contributed by atoms with Gasteiger partial charge in [0.05, 0.1) is 0 Å². The number of amidine groups is 1. The summed E-state index contributed by atoms with van der Waals surface area (Å²) < 4.78 is 0.846. The number of aromatic amines is 1. The molecule has 2 rings (SSSR count). The average Bonchev–Trinajstić information content (AvgIpc) is 2.40. The number of nitrogens with one attached hydrogen (secondary N) is 2. The van der Waals surface area contributed by atoms with Crippen molar-refractivity contribution in [2.24, 2.45) is 5.73 Å². The summed E-state index contributed by atoms with van der Waals surface area (Å²) in [6, 6.07) is 7.00. The third kappa shape index (κ3) is 4.18. The number of nitrogen functional groups attached to an aromatic ring is 1. The van der Waals surface area contributed by atoms with Crippen LogP contribution in [0.3, 0.4) is 0 Å². The van der Waals surface area contributed by atoms with E-state index >= 15 is 0 Å². The van der Waals surface area contributed by atoms with Crippen molar-refractivity contribution < 1.29 is 0 Å². The quantitative estimate of drug-likeness (QED) is 0.430. The van der Waals surface area contributed by atoms with Crippen LogP contribution in [0.15, 0.2) is 43.6 Å². The zero-order valence-corrected chi connectivity index (χ0v) is 13.8. The second-order valence-electron chi connectivity index (χ2n) is 4.45. The average molecular weight is 367 g/mol. The van der Waals surface area contributed by atoms with Gasteiger partial charge in [0.15, 0.2) is 5.16 Å². The Morgan fingerprint density at radius 1 is 1.48 bits per heavy atom. The number of aryl methyl sites for hydroxylation is 1. The van der Waals surface area contributed by atoms with Crippen LogP contribution in [0.2, 0.25) is 0 Å². The van der Waals surface area contributed by atoms with Crippen LogP contribution in [0.25, 0.3) is 0 Å². The van der Waals surface area contributed by atoms with Crippen LogP contribution < -0.4 is 11.3 Å². The van der Waals surface area contributed by atoms with Crippen molar-refractivity contribution >= 4 is 33.5 Å². The van der Waals surface area contributed by atoms with Crippen LogP contribution in [-0.2, 0) is 6.42 Å². The van der Waals surface area contributed by atoms with Crippen molar-refractivity contribution in [2.45, 2.75) is 29.8 Å². The molecule has 1 heterocycles. The molecule has 1 aromatic carbocycles. The summed E-state index contributed by atoms with van der Waals surface area (Å²) in [5.41, 5.74) is 6.81. The van der Waals surface area contributed by atoms with Gasteiger partial charge >= 0.3 is 0 Å². The molecular weight excluding hydrogens is 352 g/mol. The van der Waals surface area contributed by atoms with Crippen molar-refractivity contribution in [1.29, 1.82) is 5.41 Å². The van der Waals surface area contributed by atoms with Crippen molar-refractivity contribution in [2.75, 3.05) is 0 Å². The van der Waals surface area contributed by atoms with Gasteiger partial charge in [-0.15, -0.1) is 0 Å². The summed E-state index contributed by atoms with van der Waals surface area (Å²) in [5, 5.41) is 8.15. The minimum absolute atomic E-state index is 0.0224. The summed E-state index contributed by atoms with van der Waals surface area (Å²) in [6.45, 7) is 2.04. The molecule has 21 heavy (non-hydrogen) atoms. The Morgan fingerprint density at radius 2 is 2.24 bits per heavy atom. The largest absolute Gasteiger partial charge is 0.384 e. The van der Waals surface area contributed by atoms with Gasteiger partial charge < -0.3 is 10.7 Å². The number of H-pyrrole nitrogens is 1. The van der Waals surface area contributed by atoms with Crippen LogP contribution in [0.5, 0.6) is 0 Å². The third-order valence-electron chi connectivity index (χ3n) is 2.72. The Hall–Kier alpha value is -1.60. The van der Waals surface area contributed by atoms with Crippen LogP contribution in [0.4, 0.5) is 0 Å². The number of rotatable bonds is 5. The first-order valence-corrected chi connectivity index (χ1v) is 8.02. The van der Waals surface area contributed by atoms with Gasteiger partial charge in [0.1, 0.15) is 5.84 Å². The van der Waals surface area contributed by atoms with E-state index in [1.54, 1.807) is 6.07 Å².